The van der Waals surface area contributed by atoms with Crippen molar-refractivity contribution in [3.05, 3.63) is 65.1 Å². The molecule has 0 atom stereocenters. The van der Waals surface area contributed by atoms with Gasteiger partial charge in [-0.1, -0.05) is 0 Å². The fourth-order valence-corrected chi connectivity index (χ4v) is 3.83. The summed E-state index contributed by atoms with van der Waals surface area (Å²) in [5.74, 6) is -1.97. The first-order valence-corrected chi connectivity index (χ1v) is 10.7. The van der Waals surface area contributed by atoms with Crippen LogP contribution in [0.5, 0.6) is 0 Å². The molecule has 0 saturated carbocycles. The summed E-state index contributed by atoms with van der Waals surface area (Å²) >= 11 is 0. The van der Waals surface area contributed by atoms with Crippen molar-refractivity contribution >= 4 is 29.6 Å². The number of piperazine rings is 1. The summed E-state index contributed by atoms with van der Waals surface area (Å²) in [6.45, 7) is 2.65. The molecule has 0 radical (unpaired) electrons. The molecule has 176 valence electrons. The fourth-order valence-electron chi connectivity index (χ4n) is 3.83. The zero-order chi connectivity index (χ0) is 23.8. The van der Waals surface area contributed by atoms with Gasteiger partial charge in [0.2, 0.25) is 5.91 Å². The van der Waals surface area contributed by atoms with Crippen LogP contribution in [0.1, 0.15) is 12.0 Å². The number of carbonyl (C=O) groups excluding carboxylic acids is 2. The van der Waals surface area contributed by atoms with E-state index in [1.165, 1.54) is 25.3 Å². The van der Waals surface area contributed by atoms with Crippen LogP contribution in [0.2, 0.25) is 0 Å². The molecular formula is C24H28F2N4O3. The molecule has 9 heteroatoms. The molecule has 7 nitrogen and oxygen atoms in total. The average Bonchev–Trinajstić information content (AvgIpc) is 2.95. The Morgan fingerprint density at radius 3 is 2.64 bits per heavy atom. The van der Waals surface area contributed by atoms with Crippen molar-refractivity contribution in [2.24, 2.45) is 0 Å². The predicted molar refractivity (Wildman–Crippen MR) is 125 cm³/mol. The second-order valence-corrected chi connectivity index (χ2v) is 7.63. The summed E-state index contributed by atoms with van der Waals surface area (Å²) in [4.78, 5) is 27.2. The van der Waals surface area contributed by atoms with Gasteiger partial charge in [0.1, 0.15) is 6.29 Å². The monoisotopic (exact) mass is 458 g/mol. The Morgan fingerprint density at radius 2 is 1.97 bits per heavy atom. The number of rotatable bonds is 8. The highest BCUT2D eigenvalue weighted by atomic mass is 19.1. The highest BCUT2D eigenvalue weighted by molar-refractivity contribution is 5.93. The van der Waals surface area contributed by atoms with Gasteiger partial charge in [0, 0.05) is 56.7 Å². The third-order valence-electron chi connectivity index (χ3n) is 5.53. The number of carbonyl (C=O) groups is 2. The van der Waals surface area contributed by atoms with Crippen LogP contribution in [0.25, 0.3) is 6.08 Å². The Bertz CT molecular complexity index is 1010. The van der Waals surface area contributed by atoms with Gasteiger partial charge >= 0.3 is 0 Å². The minimum atomic E-state index is -0.729. The van der Waals surface area contributed by atoms with E-state index in [4.69, 9.17) is 4.74 Å². The molecule has 1 aliphatic heterocycles. The number of nitrogens with zero attached hydrogens (tertiary/aromatic N) is 2. The van der Waals surface area contributed by atoms with Gasteiger partial charge in [0.05, 0.1) is 13.7 Å². The number of ether oxygens (including phenoxy) is 1. The van der Waals surface area contributed by atoms with Crippen molar-refractivity contribution in [1.29, 1.82) is 0 Å². The summed E-state index contributed by atoms with van der Waals surface area (Å²) in [7, 11) is 3.02. The molecule has 1 aromatic rings. The van der Waals surface area contributed by atoms with E-state index in [1.807, 2.05) is 15.9 Å². The summed E-state index contributed by atoms with van der Waals surface area (Å²) in [5, 5.41) is 5.93. The number of methoxy groups -OCH3 is 1. The van der Waals surface area contributed by atoms with Gasteiger partial charge < -0.3 is 20.3 Å². The van der Waals surface area contributed by atoms with Crippen LogP contribution in [0.15, 0.2) is 59.5 Å². The maximum atomic E-state index is 14.2. The molecular weight excluding hydrogens is 430 g/mol. The molecule has 3 rings (SSSR count). The van der Waals surface area contributed by atoms with E-state index in [0.717, 1.165) is 11.3 Å². The third kappa shape index (κ3) is 6.29. The van der Waals surface area contributed by atoms with Crippen LogP contribution >= 0.6 is 0 Å². The highest BCUT2D eigenvalue weighted by Gasteiger charge is 2.23. The Morgan fingerprint density at radius 1 is 1.21 bits per heavy atom. The minimum Gasteiger partial charge on any atom is -0.491 e. The summed E-state index contributed by atoms with van der Waals surface area (Å²) < 4.78 is 33.0. The van der Waals surface area contributed by atoms with Gasteiger partial charge in [-0.05, 0) is 48.1 Å². The lowest BCUT2D eigenvalue weighted by Gasteiger charge is -2.36. The summed E-state index contributed by atoms with van der Waals surface area (Å²) in [5.41, 5.74) is 2.95. The number of anilines is 2. The molecule has 0 spiro atoms. The number of allylic oxidation sites excluding steroid dienone is 5. The number of halogens is 2. The van der Waals surface area contributed by atoms with Gasteiger partial charge in [0.15, 0.2) is 17.4 Å². The standard InChI is InChI=1S/C24H28F2N4O3/c1-27-22-8-5-18(14-17(22)4-3-13-31)28-23(32)16-29-9-11-30(12-10-29)19-6-7-20(25)24(33-2)21(26)15-19/h3-5,7-8,13-15,27H,6,9-12,16H2,1-2H3,(H,28,32)/b4-3-. The maximum Gasteiger partial charge on any atom is 0.238 e. The van der Waals surface area contributed by atoms with Crippen molar-refractivity contribution in [1.82, 2.24) is 9.80 Å². The smallest absolute Gasteiger partial charge is 0.238 e. The van der Waals surface area contributed by atoms with Crippen molar-refractivity contribution in [3.8, 4) is 0 Å². The molecule has 2 N–H and O–H groups in total. The first-order chi connectivity index (χ1) is 15.9. The lowest BCUT2D eigenvalue weighted by molar-refractivity contribution is -0.117. The van der Waals surface area contributed by atoms with Gasteiger partial charge in [-0.15, -0.1) is 0 Å². The van der Waals surface area contributed by atoms with Crippen molar-refractivity contribution in [2.75, 3.05) is 57.5 Å². The molecule has 1 aliphatic carbocycles. The van der Waals surface area contributed by atoms with E-state index in [-0.39, 0.29) is 24.6 Å². The number of benzene rings is 1. The molecule has 1 saturated heterocycles. The first-order valence-electron chi connectivity index (χ1n) is 10.7. The Labute approximate surface area is 192 Å². The predicted octanol–water partition coefficient (Wildman–Crippen LogP) is 3.47. The summed E-state index contributed by atoms with van der Waals surface area (Å²) in [6, 6.07) is 5.42. The van der Waals surface area contributed by atoms with Crippen molar-refractivity contribution in [2.45, 2.75) is 6.42 Å². The molecule has 1 heterocycles. The topological polar surface area (TPSA) is 73.9 Å². The van der Waals surface area contributed by atoms with E-state index in [0.29, 0.717) is 43.8 Å². The quantitative estimate of drug-likeness (QED) is 0.459. The number of nitrogens with one attached hydrogen (secondary N) is 2. The number of aldehydes is 1. The van der Waals surface area contributed by atoms with Gasteiger partial charge in [0.25, 0.3) is 0 Å². The van der Waals surface area contributed by atoms with Crippen LogP contribution in [-0.2, 0) is 14.3 Å². The number of hydrogen-bond acceptors (Lipinski definition) is 6. The van der Waals surface area contributed by atoms with E-state index < -0.39 is 11.7 Å². The zero-order valence-electron chi connectivity index (χ0n) is 18.7. The van der Waals surface area contributed by atoms with Crippen molar-refractivity contribution in [3.63, 3.8) is 0 Å². The molecule has 1 fully saturated rings. The van der Waals surface area contributed by atoms with Crippen LogP contribution in [0.4, 0.5) is 20.2 Å². The maximum absolute atomic E-state index is 14.2. The minimum absolute atomic E-state index is 0.150. The third-order valence-corrected chi connectivity index (χ3v) is 5.53. The Kier molecular flexibility index (Phi) is 8.37. The fraction of sp³-hybridized carbons (Fsp3) is 0.333. The van der Waals surface area contributed by atoms with Crippen LogP contribution in [-0.4, -0.2) is 68.9 Å². The number of amides is 1. The van der Waals surface area contributed by atoms with Crippen LogP contribution in [0, 0.1) is 0 Å². The second-order valence-electron chi connectivity index (χ2n) is 7.63. The van der Waals surface area contributed by atoms with E-state index in [9.17, 15) is 18.4 Å². The van der Waals surface area contributed by atoms with Crippen LogP contribution in [0.3, 0.4) is 0 Å². The molecule has 0 aromatic heterocycles. The lowest BCUT2D eigenvalue weighted by atomic mass is 10.1. The molecule has 33 heavy (non-hydrogen) atoms. The molecule has 0 bridgehead atoms. The molecule has 1 amide bonds. The second kappa shape index (κ2) is 11.4. The van der Waals surface area contributed by atoms with Crippen molar-refractivity contribution < 1.29 is 23.1 Å². The first kappa shape index (κ1) is 24.2. The molecule has 1 aromatic carbocycles. The normalized spacial score (nSPS) is 17.4. The summed E-state index contributed by atoms with van der Waals surface area (Å²) in [6.07, 6.45) is 6.67. The number of hydrogen-bond donors (Lipinski definition) is 2. The van der Waals surface area contributed by atoms with Gasteiger partial charge in [-0.2, -0.15) is 0 Å². The molecule has 0 unspecified atom stereocenters. The SMILES string of the molecule is CNc1ccc(NC(=O)CN2CCN(C3=CC(F)=C(OC)C(F)=CC3)CC2)cc1/C=C\C=O. The highest BCUT2D eigenvalue weighted by Crippen LogP contribution is 2.28. The van der Waals surface area contributed by atoms with E-state index >= 15 is 0 Å². The zero-order valence-corrected chi connectivity index (χ0v) is 18.7. The van der Waals surface area contributed by atoms with Gasteiger partial charge in [-0.3, -0.25) is 14.5 Å². The lowest BCUT2D eigenvalue weighted by Crippen LogP contribution is -2.48. The largest absolute Gasteiger partial charge is 0.491 e. The van der Waals surface area contributed by atoms with Crippen LogP contribution < -0.4 is 10.6 Å². The molecule has 2 aliphatic rings. The van der Waals surface area contributed by atoms with Gasteiger partial charge in [-0.25, -0.2) is 8.78 Å². The Balaban J connectivity index is 1.55. The average molecular weight is 459 g/mol. The Hall–Kier alpha value is -3.46. The van der Waals surface area contributed by atoms with E-state index in [1.54, 1.807) is 25.3 Å². The van der Waals surface area contributed by atoms with E-state index in [2.05, 4.69) is 10.6 Å².